The fourth-order valence-corrected chi connectivity index (χ4v) is 7.08. The molecule has 4 atom stereocenters. The third-order valence-electron chi connectivity index (χ3n) is 9.76. The van der Waals surface area contributed by atoms with Crippen molar-refractivity contribution in [3.05, 3.63) is 47.7 Å². The van der Waals surface area contributed by atoms with E-state index in [1.54, 1.807) is 6.07 Å². The number of pyridine rings is 1. The molecule has 8 nitrogen and oxygen atoms in total. The van der Waals surface area contributed by atoms with Gasteiger partial charge in [-0.3, -0.25) is 9.37 Å². The van der Waals surface area contributed by atoms with Crippen LogP contribution in [-0.2, 0) is 6.42 Å². The molecule has 4 heterocycles. The Morgan fingerprint density at radius 2 is 1.93 bits per heavy atom. The SMILES string of the molecule is CCc1c(F)ccc2cc(O)cc(-c3ncc4c(N5CCC(O)[C@H](C)C5)nc(OC[C@]5(C)CN(C)CC[C@@H]5CF)nc4c3F)c12. The maximum absolute atomic E-state index is 16.8. The molecule has 240 valence electrons. The average Bonchev–Trinajstić information content (AvgIpc) is 3.01. The van der Waals surface area contributed by atoms with Crippen LogP contribution in [0, 0.1) is 28.9 Å². The number of alkyl halides is 1. The number of aliphatic hydroxyl groups is 1. The van der Waals surface area contributed by atoms with Crippen LogP contribution in [0.4, 0.5) is 19.0 Å². The molecule has 2 aliphatic rings. The van der Waals surface area contributed by atoms with Gasteiger partial charge in [-0.25, -0.2) is 8.78 Å². The molecule has 6 rings (SSSR count). The summed E-state index contributed by atoms with van der Waals surface area (Å²) in [6.07, 6.45) is 2.61. The first-order chi connectivity index (χ1) is 21.5. The number of piperidine rings is 2. The number of halogens is 3. The van der Waals surface area contributed by atoms with Gasteiger partial charge in [-0.1, -0.05) is 26.8 Å². The largest absolute Gasteiger partial charge is 0.508 e. The van der Waals surface area contributed by atoms with Gasteiger partial charge in [-0.15, -0.1) is 0 Å². The van der Waals surface area contributed by atoms with Gasteiger partial charge in [0.25, 0.3) is 0 Å². The Morgan fingerprint density at radius 1 is 1.13 bits per heavy atom. The number of likely N-dealkylation sites (tertiary alicyclic amines) is 1. The number of aromatic hydroxyl groups is 1. The summed E-state index contributed by atoms with van der Waals surface area (Å²) >= 11 is 0. The minimum atomic E-state index is -0.755. The zero-order chi connectivity index (χ0) is 32.0. The number of aliphatic hydroxyl groups excluding tert-OH is 1. The number of hydrogen-bond acceptors (Lipinski definition) is 8. The molecule has 45 heavy (non-hydrogen) atoms. The molecule has 2 aromatic carbocycles. The Bertz CT molecular complexity index is 1740. The van der Waals surface area contributed by atoms with Crippen LogP contribution in [0.15, 0.2) is 30.5 Å². The van der Waals surface area contributed by atoms with E-state index in [-0.39, 0.29) is 47.0 Å². The topological polar surface area (TPSA) is 94.8 Å². The van der Waals surface area contributed by atoms with E-state index in [4.69, 9.17) is 9.72 Å². The first kappa shape index (κ1) is 31.3. The van der Waals surface area contributed by atoms with Crippen LogP contribution in [0.3, 0.4) is 0 Å². The van der Waals surface area contributed by atoms with Crippen molar-refractivity contribution in [3.63, 3.8) is 0 Å². The highest BCUT2D eigenvalue weighted by atomic mass is 19.1. The van der Waals surface area contributed by atoms with E-state index in [9.17, 15) is 19.0 Å². The van der Waals surface area contributed by atoms with Crippen molar-refractivity contribution in [2.45, 2.75) is 46.1 Å². The number of benzene rings is 2. The highest BCUT2D eigenvalue weighted by Crippen LogP contribution is 2.40. The van der Waals surface area contributed by atoms with Gasteiger partial charge in [0, 0.05) is 36.8 Å². The van der Waals surface area contributed by atoms with Crippen molar-refractivity contribution in [1.29, 1.82) is 0 Å². The minimum absolute atomic E-state index is 0.0299. The molecule has 0 amide bonds. The lowest BCUT2D eigenvalue weighted by molar-refractivity contribution is 0.000311. The van der Waals surface area contributed by atoms with Crippen LogP contribution in [0.5, 0.6) is 11.8 Å². The first-order valence-corrected chi connectivity index (χ1v) is 15.6. The normalized spacial score (nSPS) is 24.4. The van der Waals surface area contributed by atoms with Crippen molar-refractivity contribution >= 4 is 27.5 Å². The Hall–Kier alpha value is -3.70. The number of phenolic OH excluding ortho intramolecular Hbond substituents is 1. The van der Waals surface area contributed by atoms with Gasteiger partial charge in [-0.05, 0) is 79.2 Å². The standard InChI is InChI=1S/C34H40F3N5O3/c1-5-23-26(36)7-6-20-12-22(43)13-24(28(20)23)30-29(37)31-25(15-38-30)32(42-11-9-27(44)19(2)16-42)40-33(39-31)45-18-34(3)17-41(4)10-8-21(34)14-35/h6-7,12-13,15,19,21,27,43-44H,5,8-11,14,16-18H2,1-4H3/t19-,21-,27?,34+/m1/s1. The summed E-state index contributed by atoms with van der Waals surface area (Å²) in [7, 11) is 1.99. The van der Waals surface area contributed by atoms with E-state index >= 15 is 4.39 Å². The van der Waals surface area contributed by atoms with Crippen LogP contribution < -0.4 is 9.64 Å². The van der Waals surface area contributed by atoms with Gasteiger partial charge >= 0.3 is 6.01 Å². The van der Waals surface area contributed by atoms with E-state index in [0.717, 1.165) is 6.54 Å². The second-order valence-corrected chi connectivity index (χ2v) is 13.1. The molecule has 1 unspecified atom stereocenters. The molecule has 0 bridgehead atoms. The van der Waals surface area contributed by atoms with Gasteiger partial charge in [0.1, 0.15) is 28.6 Å². The van der Waals surface area contributed by atoms with Crippen molar-refractivity contribution in [1.82, 2.24) is 19.9 Å². The summed E-state index contributed by atoms with van der Waals surface area (Å²) in [5.41, 5.74) is 0.0251. The van der Waals surface area contributed by atoms with E-state index in [2.05, 4.69) is 14.9 Å². The number of nitrogens with zero attached hydrogens (tertiary/aromatic N) is 5. The molecule has 11 heteroatoms. The predicted octanol–water partition coefficient (Wildman–Crippen LogP) is 5.90. The first-order valence-electron chi connectivity index (χ1n) is 15.6. The third kappa shape index (κ3) is 5.76. The smallest absolute Gasteiger partial charge is 0.319 e. The molecule has 0 radical (unpaired) electrons. The third-order valence-corrected chi connectivity index (χ3v) is 9.76. The molecule has 2 aromatic heterocycles. The molecule has 0 aliphatic carbocycles. The van der Waals surface area contributed by atoms with Crippen LogP contribution >= 0.6 is 0 Å². The Kier molecular flexibility index (Phi) is 8.51. The molecule has 0 spiro atoms. The number of phenols is 1. The van der Waals surface area contributed by atoms with Crippen LogP contribution in [-0.4, -0.2) is 82.7 Å². The van der Waals surface area contributed by atoms with Crippen molar-refractivity contribution in [2.24, 2.45) is 17.3 Å². The van der Waals surface area contributed by atoms with Crippen LogP contribution in [0.1, 0.15) is 39.2 Å². The Labute approximate surface area is 260 Å². The zero-order valence-corrected chi connectivity index (χ0v) is 26.2. The highest BCUT2D eigenvalue weighted by Gasteiger charge is 2.40. The number of anilines is 1. The number of ether oxygens (including phenoxy) is 1. The number of rotatable bonds is 7. The quantitative estimate of drug-likeness (QED) is 0.263. The molecular formula is C34H40F3N5O3. The zero-order valence-electron chi connectivity index (χ0n) is 26.2. The number of fused-ring (bicyclic) bond motifs is 2. The van der Waals surface area contributed by atoms with Gasteiger partial charge in [-0.2, -0.15) is 9.97 Å². The summed E-state index contributed by atoms with van der Waals surface area (Å²) in [6, 6.07) is 5.76. The molecule has 2 saturated heterocycles. The van der Waals surface area contributed by atoms with Crippen molar-refractivity contribution < 1.29 is 28.1 Å². The lowest BCUT2D eigenvalue weighted by atomic mass is 9.73. The molecule has 2 fully saturated rings. The molecule has 2 N–H and O–H groups in total. The highest BCUT2D eigenvalue weighted by molar-refractivity contribution is 6.01. The summed E-state index contributed by atoms with van der Waals surface area (Å²) in [4.78, 5) is 17.9. The fourth-order valence-electron chi connectivity index (χ4n) is 7.08. The average molecular weight is 624 g/mol. The number of hydrogen-bond donors (Lipinski definition) is 2. The van der Waals surface area contributed by atoms with E-state index in [1.807, 2.05) is 32.7 Å². The van der Waals surface area contributed by atoms with Gasteiger partial charge in [0.05, 0.1) is 24.8 Å². The maximum Gasteiger partial charge on any atom is 0.319 e. The van der Waals surface area contributed by atoms with Crippen LogP contribution in [0.25, 0.3) is 32.9 Å². The Morgan fingerprint density at radius 3 is 2.67 bits per heavy atom. The number of aryl methyl sites for hydroxylation is 1. The second kappa shape index (κ2) is 12.2. The number of aromatic nitrogens is 3. The van der Waals surface area contributed by atoms with E-state index in [1.165, 1.54) is 24.4 Å². The van der Waals surface area contributed by atoms with Gasteiger partial charge < -0.3 is 24.7 Å². The maximum atomic E-state index is 16.8. The second-order valence-electron chi connectivity index (χ2n) is 13.1. The summed E-state index contributed by atoms with van der Waals surface area (Å²) < 4.78 is 51.9. The predicted molar refractivity (Wildman–Crippen MR) is 168 cm³/mol. The molecule has 2 aliphatic heterocycles. The van der Waals surface area contributed by atoms with Gasteiger partial charge in [0.15, 0.2) is 5.82 Å². The minimum Gasteiger partial charge on any atom is -0.508 e. The Balaban J connectivity index is 1.50. The molecule has 4 aromatic rings. The molecular weight excluding hydrogens is 583 g/mol. The van der Waals surface area contributed by atoms with Crippen molar-refractivity contribution in [2.75, 3.05) is 51.4 Å². The molecule has 0 saturated carbocycles. The lowest BCUT2D eigenvalue weighted by Gasteiger charge is -2.43. The summed E-state index contributed by atoms with van der Waals surface area (Å²) in [5.74, 6) is -1.09. The van der Waals surface area contributed by atoms with E-state index in [0.29, 0.717) is 66.4 Å². The summed E-state index contributed by atoms with van der Waals surface area (Å²) in [5, 5.41) is 22.3. The van der Waals surface area contributed by atoms with E-state index < -0.39 is 29.8 Å². The van der Waals surface area contributed by atoms with Crippen molar-refractivity contribution in [3.8, 4) is 23.0 Å². The summed E-state index contributed by atoms with van der Waals surface area (Å²) in [6.45, 7) is 7.83. The monoisotopic (exact) mass is 623 g/mol. The fraction of sp³-hybridized carbons (Fsp3) is 0.500. The lowest BCUT2D eigenvalue weighted by Crippen LogP contribution is -2.49. The van der Waals surface area contributed by atoms with Gasteiger partial charge in [0.2, 0.25) is 0 Å². The van der Waals surface area contributed by atoms with Crippen LogP contribution in [0.2, 0.25) is 0 Å².